The van der Waals surface area contributed by atoms with Crippen LogP contribution in [-0.4, -0.2) is 24.2 Å². The molecule has 3 aliphatic rings. The molecular formula is C23H21NO4. The number of anilines is 1. The Morgan fingerprint density at radius 3 is 2.18 bits per heavy atom. The van der Waals surface area contributed by atoms with Gasteiger partial charge in [-0.1, -0.05) is 42.5 Å². The van der Waals surface area contributed by atoms with Gasteiger partial charge in [0.15, 0.2) is 12.4 Å². The van der Waals surface area contributed by atoms with Gasteiger partial charge in [0, 0.05) is 5.56 Å². The van der Waals surface area contributed by atoms with E-state index in [2.05, 4.69) is 0 Å². The number of carbonyl (C=O) groups excluding carboxylic acids is 3. The largest absolute Gasteiger partial charge is 0.483 e. The molecule has 4 atom stereocenters. The molecule has 2 amide bonds. The van der Waals surface area contributed by atoms with Gasteiger partial charge in [0.25, 0.3) is 0 Å². The molecule has 2 bridgehead atoms. The minimum atomic E-state index is -0.176. The van der Waals surface area contributed by atoms with Gasteiger partial charge in [0.1, 0.15) is 5.75 Å². The van der Waals surface area contributed by atoms with Crippen LogP contribution in [0, 0.1) is 23.7 Å². The average Bonchev–Trinajstić information content (AvgIpc) is 3.41. The Bertz CT molecular complexity index is 926. The number of fused-ring (bicyclic) bond motifs is 5. The summed E-state index contributed by atoms with van der Waals surface area (Å²) in [7, 11) is 0. The number of rotatable bonds is 5. The number of hydrogen-bond donors (Lipinski definition) is 0. The monoisotopic (exact) mass is 375 g/mol. The van der Waals surface area contributed by atoms with E-state index in [-0.39, 0.29) is 36.0 Å². The summed E-state index contributed by atoms with van der Waals surface area (Å²) in [6.45, 7) is -0.143. The second kappa shape index (κ2) is 6.59. The molecule has 0 spiro atoms. The van der Waals surface area contributed by atoms with Gasteiger partial charge < -0.3 is 4.74 Å². The van der Waals surface area contributed by atoms with Crippen LogP contribution in [0.15, 0.2) is 54.6 Å². The first kappa shape index (κ1) is 17.2. The number of imide groups is 1. The Labute approximate surface area is 163 Å². The van der Waals surface area contributed by atoms with Crippen LogP contribution in [0.25, 0.3) is 0 Å². The number of amides is 2. The number of Topliss-reactive ketones (excluding diaryl/α,β-unsaturated/α-hetero) is 1. The maximum atomic E-state index is 13.1. The smallest absolute Gasteiger partial charge is 0.238 e. The van der Waals surface area contributed by atoms with Crippen LogP contribution < -0.4 is 9.64 Å². The molecule has 0 aromatic heterocycles. The van der Waals surface area contributed by atoms with E-state index in [1.54, 1.807) is 48.5 Å². The molecule has 5 rings (SSSR count). The number of nitrogens with zero attached hydrogens (tertiary/aromatic N) is 1. The minimum Gasteiger partial charge on any atom is -0.483 e. The van der Waals surface area contributed by atoms with Crippen molar-refractivity contribution in [1.29, 1.82) is 0 Å². The number of ether oxygens (including phenoxy) is 1. The van der Waals surface area contributed by atoms with Crippen molar-refractivity contribution >= 4 is 23.3 Å². The summed E-state index contributed by atoms with van der Waals surface area (Å²) < 4.78 is 5.76. The zero-order valence-electron chi connectivity index (χ0n) is 15.4. The normalized spacial score (nSPS) is 27.9. The topological polar surface area (TPSA) is 63.7 Å². The van der Waals surface area contributed by atoms with Crippen LogP contribution in [-0.2, 0) is 9.59 Å². The molecule has 1 saturated heterocycles. The molecule has 5 heteroatoms. The lowest BCUT2D eigenvalue weighted by Gasteiger charge is -2.20. The van der Waals surface area contributed by atoms with E-state index < -0.39 is 0 Å². The summed E-state index contributed by atoms with van der Waals surface area (Å²) in [5.74, 6) is 0.356. The fourth-order valence-electron chi connectivity index (χ4n) is 5.26. The van der Waals surface area contributed by atoms with Crippen LogP contribution in [0.3, 0.4) is 0 Å². The van der Waals surface area contributed by atoms with E-state index in [9.17, 15) is 14.4 Å². The van der Waals surface area contributed by atoms with Crippen molar-refractivity contribution in [1.82, 2.24) is 0 Å². The molecule has 0 N–H and O–H groups in total. The van der Waals surface area contributed by atoms with Crippen molar-refractivity contribution in [3.63, 3.8) is 0 Å². The maximum absolute atomic E-state index is 13.1. The SMILES string of the molecule is O=C(COc1ccccc1N1C(=O)[C@@H]2[C@H]3CC[C@@H](C3)[C@H]2C1=O)c1ccccc1. The number of para-hydroxylation sites is 2. The lowest BCUT2D eigenvalue weighted by molar-refractivity contribution is -0.123. The molecule has 0 unspecified atom stereocenters. The third-order valence-corrected chi connectivity index (χ3v) is 6.49. The highest BCUT2D eigenvalue weighted by atomic mass is 16.5. The Hall–Kier alpha value is -2.95. The van der Waals surface area contributed by atoms with Gasteiger partial charge in [0.05, 0.1) is 17.5 Å². The number of hydrogen-bond acceptors (Lipinski definition) is 4. The van der Waals surface area contributed by atoms with E-state index in [0.29, 0.717) is 28.8 Å². The summed E-state index contributed by atoms with van der Waals surface area (Å²) in [6, 6.07) is 15.9. The van der Waals surface area contributed by atoms with Crippen molar-refractivity contribution in [2.45, 2.75) is 19.3 Å². The zero-order chi connectivity index (χ0) is 19.3. The molecule has 2 aromatic carbocycles. The lowest BCUT2D eigenvalue weighted by atomic mass is 9.81. The standard InChI is InChI=1S/C23H21NO4/c25-18(14-6-2-1-3-7-14)13-28-19-9-5-4-8-17(19)24-22(26)20-15-10-11-16(12-15)21(20)23(24)27/h1-9,15-16,20-21H,10-13H2/t15-,16-,20+,21+/m0/s1. The number of ketones is 1. The van der Waals surface area contributed by atoms with Crippen LogP contribution in [0.1, 0.15) is 29.6 Å². The number of benzene rings is 2. The quantitative estimate of drug-likeness (QED) is 0.593. The van der Waals surface area contributed by atoms with E-state index >= 15 is 0 Å². The van der Waals surface area contributed by atoms with Gasteiger partial charge in [-0.3, -0.25) is 14.4 Å². The minimum absolute atomic E-state index is 0.104. The van der Waals surface area contributed by atoms with Gasteiger partial charge in [-0.05, 0) is 43.2 Å². The molecule has 142 valence electrons. The van der Waals surface area contributed by atoms with Gasteiger partial charge in [-0.15, -0.1) is 0 Å². The Balaban J connectivity index is 1.39. The molecular weight excluding hydrogens is 354 g/mol. The highest BCUT2D eigenvalue weighted by Gasteiger charge is 2.61. The zero-order valence-corrected chi connectivity index (χ0v) is 15.4. The fourth-order valence-corrected chi connectivity index (χ4v) is 5.26. The van der Waals surface area contributed by atoms with Gasteiger partial charge in [-0.2, -0.15) is 0 Å². The molecule has 2 aliphatic carbocycles. The summed E-state index contributed by atoms with van der Waals surface area (Å²) in [6.07, 6.45) is 3.09. The molecule has 0 radical (unpaired) electrons. The second-order valence-corrected chi connectivity index (χ2v) is 7.94. The third-order valence-electron chi connectivity index (χ3n) is 6.49. The molecule has 3 fully saturated rings. The summed E-state index contributed by atoms with van der Waals surface area (Å²) in [5.41, 5.74) is 1.02. The average molecular weight is 375 g/mol. The van der Waals surface area contributed by atoms with Crippen LogP contribution in [0.2, 0.25) is 0 Å². The lowest BCUT2D eigenvalue weighted by Crippen LogP contribution is -2.33. The van der Waals surface area contributed by atoms with Crippen LogP contribution in [0.5, 0.6) is 5.75 Å². The first-order valence-corrected chi connectivity index (χ1v) is 9.83. The highest BCUT2D eigenvalue weighted by Crippen LogP contribution is 2.57. The first-order valence-electron chi connectivity index (χ1n) is 9.83. The maximum Gasteiger partial charge on any atom is 0.238 e. The highest BCUT2D eigenvalue weighted by molar-refractivity contribution is 6.23. The van der Waals surface area contributed by atoms with Gasteiger partial charge in [0.2, 0.25) is 11.8 Å². The van der Waals surface area contributed by atoms with Crippen molar-refractivity contribution < 1.29 is 19.1 Å². The summed E-state index contributed by atoms with van der Waals surface area (Å²) >= 11 is 0. The van der Waals surface area contributed by atoms with E-state index in [0.717, 1.165) is 19.3 Å². The predicted molar refractivity (Wildman–Crippen MR) is 103 cm³/mol. The summed E-state index contributed by atoms with van der Waals surface area (Å²) in [5, 5.41) is 0. The molecule has 5 nitrogen and oxygen atoms in total. The fraction of sp³-hybridized carbons (Fsp3) is 0.348. The van der Waals surface area contributed by atoms with Gasteiger partial charge in [-0.25, -0.2) is 4.90 Å². The van der Waals surface area contributed by atoms with Crippen molar-refractivity contribution in [2.24, 2.45) is 23.7 Å². The first-order chi connectivity index (χ1) is 13.6. The van der Waals surface area contributed by atoms with Gasteiger partial charge >= 0.3 is 0 Å². The van der Waals surface area contributed by atoms with E-state index in [4.69, 9.17) is 4.74 Å². The molecule has 1 aliphatic heterocycles. The van der Waals surface area contributed by atoms with Crippen LogP contribution in [0.4, 0.5) is 5.69 Å². The third kappa shape index (κ3) is 2.57. The second-order valence-electron chi connectivity index (χ2n) is 7.94. The Kier molecular flexibility index (Phi) is 4.04. The van der Waals surface area contributed by atoms with E-state index in [1.165, 1.54) is 4.90 Å². The van der Waals surface area contributed by atoms with E-state index in [1.807, 2.05) is 6.07 Å². The summed E-state index contributed by atoms with van der Waals surface area (Å²) in [4.78, 5) is 39.8. The Morgan fingerprint density at radius 1 is 0.893 bits per heavy atom. The molecule has 2 saturated carbocycles. The number of carbonyl (C=O) groups is 3. The predicted octanol–water partition coefficient (Wildman–Crippen LogP) is 3.48. The molecule has 2 aromatic rings. The van der Waals surface area contributed by atoms with Crippen molar-refractivity contribution in [2.75, 3.05) is 11.5 Å². The van der Waals surface area contributed by atoms with Crippen molar-refractivity contribution in [3.05, 3.63) is 60.2 Å². The molecule has 28 heavy (non-hydrogen) atoms. The molecule has 1 heterocycles. The van der Waals surface area contributed by atoms with Crippen molar-refractivity contribution in [3.8, 4) is 5.75 Å². The van der Waals surface area contributed by atoms with Crippen LogP contribution >= 0.6 is 0 Å². The Morgan fingerprint density at radius 2 is 1.50 bits per heavy atom.